The normalized spacial score (nSPS) is 12.1. The van der Waals surface area contributed by atoms with Crippen LogP contribution in [0.1, 0.15) is 30.8 Å². The molecule has 33 heavy (non-hydrogen) atoms. The number of benzene rings is 3. The first-order valence-corrected chi connectivity index (χ1v) is 11.3. The van der Waals surface area contributed by atoms with Gasteiger partial charge < -0.3 is 4.42 Å². The van der Waals surface area contributed by atoms with Gasteiger partial charge >= 0.3 is 0 Å². The van der Waals surface area contributed by atoms with E-state index in [1.165, 1.54) is 5.39 Å². The molecule has 3 aromatic heterocycles. The summed E-state index contributed by atoms with van der Waals surface area (Å²) in [5, 5.41) is 4.48. The monoisotopic (exact) mass is 428 g/mol. The van der Waals surface area contributed by atoms with Crippen molar-refractivity contribution in [2.45, 2.75) is 26.2 Å². The van der Waals surface area contributed by atoms with Crippen LogP contribution in [0, 0.1) is 6.92 Å². The third kappa shape index (κ3) is 3.12. The van der Waals surface area contributed by atoms with Crippen LogP contribution in [0.4, 0.5) is 0 Å². The summed E-state index contributed by atoms with van der Waals surface area (Å²) >= 11 is 0. The fourth-order valence-corrected chi connectivity index (χ4v) is 4.82. The van der Waals surface area contributed by atoms with E-state index in [2.05, 4.69) is 97.7 Å². The van der Waals surface area contributed by atoms with Gasteiger partial charge in [-0.15, -0.1) is 0 Å². The van der Waals surface area contributed by atoms with E-state index in [-0.39, 0.29) is 0 Å². The summed E-state index contributed by atoms with van der Waals surface area (Å²) in [4.78, 5) is 9.87. The lowest BCUT2D eigenvalue weighted by molar-refractivity contribution is 0.593. The lowest BCUT2D eigenvalue weighted by Gasteiger charge is -2.27. The van der Waals surface area contributed by atoms with Crippen LogP contribution in [0.3, 0.4) is 0 Å². The number of pyridine rings is 2. The maximum atomic E-state index is 6.36. The van der Waals surface area contributed by atoms with Crippen molar-refractivity contribution in [3.8, 4) is 11.3 Å². The number of aryl methyl sites for hydroxylation is 1. The first kappa shape index (κ1) is 19.7. The minimum absolute atomic E-state index is 0.396. The van der Waals surface area contributed by atoms with Crippen molar-refractivity contribution in [2.75, 3.05) is 0 Å². The van der Waals surface area contributed by atoms with Gasteiger partial charge in [0, 0.05) is 38.4 Å². The van der Waals surface area contributed by atoms with Gasteiger partial charge in [0.05, 0.1) is 11.4 Å². The van der Waals surface area contributed by atoms with E-state index < -0.39 is 5.41 Å². The Labute approximate surface area is 192 Å². The van der Waals surface area contributed by atoms with Gasteiger partial charge in [-0.25, -0.2) is 4.98 Å². The molecule has 0 bridgehead atoms. The zero-order chi connectivity index (χ0) is 22.6. The van der Waals surface area contributed by atoms with Crippen molar-refractivity contribution in [1.29, 1.82) is 0 Å². The SMILES string of the molecule is Cc1ccc2c(n1)oc1c(C(C)(C)c3nc(-c4ccccc4)cc4ccccc34)cccc12. The van der Waals surface area contributed by atoms with Crippen LogP contribution in [-0.4, -0.2) is 9.97 Å². The first-order valence-electron chi connectivity index (χ1n) is 11.3. The Morgan fingerprint density at radius 3 is 2.30 bits per heavy atom. The van der Waals surface area contributed by atoms with Gasteiger partial charge in [-0.1, -0.05) is 72.8 Å². The molecule has 0 fully saturated rings. The molecule has 0 aliphatic rings. The molecule has 0 atom stereocenters. The van der Waals surface area contributed by atoms with Crippen LogP contribution in [0.25, 0.3) is 44.1 Å². The van der Waals surface area contributed by atoms with Crippen molar-refractivity contribution >= 4 is 32.8 Å². The first-order chi connectivity index (χ1) is 16.0. The van der Waals surface area contributed by atoms with Gasteiger partial charge in [-0.2, -0.15) is 0 Å². The highest BCUT2D eigenvalue weighted by Crippen LogP contribution is 2.41. The number of furan rings is 1. The lowest BCUT2D eigenvalue weighted by Crippen LogP contribution is -2.21. The van der Waals surface area contributed by atoms with Crippen molar-refractivity contribution in [1.82, 2.24) is 9.97 Å². The maximum absolute atomic E-state index is 6.36. The molecule has 160 valence electrons. The van der Waals surface area contributed by atoms with Crippen LogP contribution in [0.5, 0.6) is 0 Å². The van der Waals surface area contributed by atoms with Gasteiger partial charge in [0.1, 0.15) is 5.58 Å². The summed E-state index contributed by atoms with van der Waals surface area (Å²) in [7, 11) is 0. The zero-order valence-electron chi connectivity index (χ0n) is 19.0. The van der Waals surface area contributed by atoms with E-state index in [1.54, 1.807) is 0 Å². The molecule has 0 spiro atoms. The number of rotatable bonds is 3. The molecule has 0 unspecified atom stereocenters. The summed E-state index contributed by atoms with van der Waals surface area (Å²) < 4.78 is 6.36. The van der Waals surface area contributed by atoms with Crippen molar-refractivity contribution in [2.24, 2.45) is 0 Å². The number of nitrogens with zero attached hydrogens (tertiary/aromatic N) is 2. The third-order valence-electron chi connectivity index (χ3n) is 6.58. The van der Waals surface area contributed by atoms with Gasteiger partial charge in [-0.05, 0) is 44.4 Å². The van der Waals surface area contributed by atoms with E-state index >= 15 is 0 Å². The van der Waals surface area contributed by atoms with Gasteiger partial charge in [0.2, 0.25) is 5.71 Å². The topological polar surface area (TPSA) is 38.9 Å². The Hall–Kier alpha value is -3.98. The largest absolute Gasteiger partial charge is 0.437 e. The molecule has 0 radical (unpaired) electrons. The molecule has 6 rings (SSSR count). The average Bonchev–Trinajstić information content (AvgIpc) is 3.21. The predicted octanol–water partition coefficient (Wildman–Crippen LogP) is 7.83. The number of para-hydroxylation sites is 1. The zero-order valence-corrected chi connectivity index (χ0v) is 19.0. The van der Waals surface area contributed by atoms with Crippen LogP contribution in [0.2, 0.25) is 0 Å². The second kappa shape index (κ2) is 7.28. The second-order valence-electron chi connectivity index (χ2n) is 9.16. The molecule has 3 heterocycles. The summed E-state index contributed by atoms with van der Waals surface area (Å²) in [6.45, 7) is 6.46. The molecule has 3 nitrogen and oxygen atoms in total. The second-order valence-corrected chi connectivity index (χ2v) is 9.16. The summed E-state index contributed by atoms with van der Waals surface area (Å²) in [5.41, 5.74) is 6.36. The fraction of sp³-hybridized carbons (Fsp3) is 0.133. The molecule has 3 heteroatoms. The minimum Gasteiger partial charge on any atom is -0.437 e. The van der Waals surface area contributed by atoms with Gasteiger partial charge in [0.25, 0.3) is 0 Å². The highest BCUT2D eigenvalue weighted by molar-refractivity contribution is 6.05. The molecule has 0 aliphatic carbocycles. The van der Waals surface area contributed by atoms with E-state index in [0.29, 0.717) is 5.71 Å². The highest BCUT2D eigenvalue weighted by atomic mass is 16.3. The lowest BCUT2D eigenvalue weighted by atomic mass is 9.78. The van der Waals surface area contributed by atoms with Crippen LogP contribution >= 0.6 is 0 Å². The fourth-order valence-electron chi connectivity index (χ4n) is 4.82. The van der Waals surface area contributed by atoms with E-state index in [9.17, 15) is 0 Å². The highest BCUT2D eigenvalue weighted by Gasteiger charge is 2.31. The molecule has 6 aromatic rings. The molecule has 0 amide bonds. The standard InChI is InChI=1S/C30H24N2O/c1-19-16-17-24-23-14-9-15-25(27(23)33-29(24)31-19)30(2,3)28-22-13-8-7-12-21(22)18-26(32-28)20-10-5-4-6-11-20/h4-18H,1-3H3. The van der Waals surface area contributed by atoms with Crippen molar-refractivity contribution < 1.29 is 4.42 Å². The molecular weight excluding hydrogens is 404 g/mol. The molecule has 0 saturated heterocycles. The summed E-state index contributed by atoms with van der Waals surface area (Å²) in [6.07, 6.45) is 0. The molecule has 0 aliphatic heterocycles. The van der Waals surface area contributed by atoms with Crippen LogP contribution < -0.4 is 0 Å². The minimum atomic E-state index is -0.396. The molecule has 3 aromatic carbocycles. The quantitative estimate of drug-likeness (QED) is 0.288. The Morgan fingerprint density at radius 1 is 0.697 bits per heavy atom. The Kier molecular flexibility index (Phi) is 4.34. The Balaban J connectivity index is 1.64. The Morgan fingerprint density at radius 2 is 1.45 bits per heavy atom. The maximum Gasteiger partial charge on any atom is 0.227 e. The number of fused-ring (bicyclic) bond motifs is 4. The average molecular weight is 429 g/mol. The van der Waals surface area contributed by atoms with E-state index in [1.807, 2.05) is 19.1 Å². The molecule has 0 N–H and O–H groups in total. The Bertz CT molecular complexity index is 1640. The number of aromatic nitrogens is 2. The van der Waals surface area contributed by atoms with Crippen LogP contribution in [0.15, 0.2) is 95.4 Å². The number of hydrogen-bond acceptors (Lipinski definition) is 3. The third-order valence-corrected chi connectivity index (χ3v) is 6.58. The van der Waals surface area contributed by atoms with Gasteiger partial charge in [0.15, 0.2) is 0 Å². The number of hydrogen-bond donors (Lipinski definition) is 0. The predicted molar refractivity (Wildman–Crippen MR) is 136 cm³/mol. The van der Waals surface area contributed by atoms with Crippen molar-refractivity contribution in [3.05, 3.63) is 108 Å². The molecular formula is C30H24N2O. The van der Waals surface area contributed by atoms with E-state index in [0.717, 1.165) is 50.0 Å². The van der Waals surface area contributed by atoms with E-state index in [4.69, 9.17) is 9.40 Å². The smallest absolute Gasteiger partial charge is 0.227 e. The van der Waals surface area contributed by atoms with Crippen LogP contribution in [-0.2, 0) is 5.41 Å². The van der Waals surface area contributed by atoms with Crippen molar-refractivity contribution in [3.63, 3.8) is 0 Å². The van der Waals surface area contributed by atoms with Gasteiger partial charge in [-0.3, -0.25) is 4.98 Å². The molecule has 0 saturated carbocycles. The summed E-state index contributed by atoms with van der Waals surface area (Å²) in [6, 6.07) is 31.6. The summed E-state index contributed by atoms with van der Waals surface area (Å²) in [5.74, 6) is 0.